The minimum atomic E-state index is 0.881. The average Bonchev–Trinajstić information content (AvgIpc) is 3.91. The molecule has 0 aliphatic carbocycles. The zero-order valence-electron chi connectivity index (χ0n) is 34.4. The normalized spacial score (nSPS) is 11.5. The fourth-order valence-corrected chi connectivity index (χ4v) is 9.56. The number of hydrogen-bond acceptors (Lipinski definition) is 2. The van der Waals surface area contributed by atoms with Gasteiger partial charge in [0.15, 0.2) is 0 Å². The molecule has 12 aromatic rings. The van der Waals surface area contributed by atoms with E-state index in [2.05, 4.69) is 246 Å². The van der Waals surface area contributed by atoms with Gasteiger partial charge in [-0.15, -0.1) is 0 Å². The second-order valence-corrected chi connectivity index (χ2v) is 16.0. The van der Waals surface area contributed by atoms with E-state index in [4.69, 9.17) is 4.42 Å². The Morgan fingerprint density at radius 3 is 1.60 bits per heavy atom. The molecule has 0 unspecified atom stereocenters. The van der Waals surface area contributed by atoms with E-state index in [1.54, 1.807) is 0 Å². The highest BCUT2D eigenvalue weighted by Gasteiger charge is 2.23. The molecule has 0 radical (unpaired) electrons. The van der Waals surface area contributed by atoms with Crippen LogP contribution in [0.1, 0.15) is 0 Å². The van der Waals surface area contributed by atoms with E-state index in [1.165, 1.54) is 32.9 Å². The Bertz CT molecular complexity index is 3580. The van der Waals surface area contributed by atoms with Crippen molar-refractivity contribution >= 4 is 60.8 Å². The molecule has 3 nitrogen and oxygen atoms in total. The van der Waals surface area contributed by atoms with Gasteiger partial charge in [-0.2, -0.15) is 0 Å². The smallest absolute Gasteiger partial charge is 0.143 e. The zero-order valence-corrected chi connectivity index (χ0v) is 34.4. The molecule has 0 fully saturated rings. The molecule has 63 heavy (non-hydrogen) atoms. The molecule has 296 valence electrons. The van der Waals surface area contributed by atoms with E-state index in [-0.39, 0.29) is 0 Å². The van der Waals surface area contributed by atoms with Crippen LogP contribution in [0.5, 0.6) is 0 Å². The molecular weight excluding hydrogens is 765 g/mol. The van der Waals surface area contributed by atoms with Gasteiger partial charge < -0.3 is 13.9 Å². The summed E-state index contributed by atoms with van der Waals surface area (Å²) in [5, 5.41) is 4.72. The average molecular weight is 805 g/mol. The van der Waals surface area contributed by atoms with Gasteiger partial charge in [0.2, 0.25) is 0 Å². The molecule has 0 N–H and O–H groups in total. The maximum atomic E-state index is 6.67. The van der Waals surface area contributed by atoms with Gasteiger partial charge in [-0.25, -0.2) is 0 Å². The Morgan fingerprint density at radius 1 is 0.317 bits per heavy atom. The summed E-state index contributed by atoms with van der Waals surface area (Å²) in [7, 11) is 0. The van der Waals surface area contributed by atoms with Gasteiger partial charge in [-0.3, -0.25) is 0 Å². The number of benzene rings is 10. The van der Waals surface area contributed by atoms with E-state index in [1.807, 2.05) is 6.07 Å². The van der Waals surface area contributed by atoms with Gasteiger partial charge in [-0.1, -0.05) is 188 Å². The highest BCUT2D eigenvalue weighted by atomic mass is 16.3. The highest BCUT2D eigenvalue weighted by Crippen LogP contribution is 2.47. The molecule has 3 heteroatoms. The second kappa shape index (κ2) is 15.3. The first-order chi connectivity index (χ1) is 31.3. The van der Waals surface area contributed by atoms with E-state index < -0.39 is 0 Å². The molecule has 0 spiro atoms. The summed E-state index contributed by atoms with van der Waals surface area (Å²) >= 11 is 0. The highest BCUT2D eigenvalue weighted by molar-refractivity contribution is 6.12. The van der Waals surface area contributed by atoms with Crippen molar-refractivity contribution in [2.45, 2.75) is 0 Å². The largest absolute Gasteiger partial charge is 0.455 e. The standard InChI is InChI=1S/C60H40N2O/c1-2-18-41(19-3-1)43-20-16-21-44(40-43)47-23-5-10-30-54(47)61(56-32-12-8-26-50(56)52-28-17-29-53-51-27-9-15-35-59(51)63-60(52)53)45-38-36-42(37-39-45)46-22-4-11-31-55(46)62-57-33-13-6-24-48(57)49-25-7-14-34-58(49)62/h1-40H. The van der Waals surface area contributed by atoms with Crippen LogP contribution >= 0.6 is 0 Å². The predicted octanol–water partition coefficient (Wildman–Crippen LogP) is 16.8. The molecule has 12 rings (SSSR count). The second-order valence-electron chi connectivity index (χ2n) is 16.0. The van der Waals surface area contributed by atoms with Crippen molar-refractivity contribution in [3.8, 4) is 50.2 Å². The minimum Gasteiger partial charge on any atom is -0.455 e. The molecule has 0 bridgehead atoms. The van der Waals surface area contributed by atoms with Gasteiger partial charge >= 0.3 is 0 Å². The fourth-order valence-electron chi connectivity index (χ4n) is 9.56. The Hall–Kier alpha value is -8.40. The van der Waals surface area contributed by atoms with Gasteiger partial charge in [-0.05, 0) is 76.9 Å². The van der Waals surface area contributed by atoms with Gasteiger partial charge in [0, 0.05) is 49.5 Å². The van der Waals surface area contributed by atoms with Gasteiger partial charge in [0.25, 0.3) is 0 Å². The summed E-state index contributed by atoms with van der Waals surface area (Å²) in [5.74, 6) is 0. The Balaban J connectivity index is 1.05. The molecule has 0 aliphatic heterocycles. The first kappa shape index (κ1) is 36.5. The fraction of sp³-hybridized carbons (Fsp3) is 0. The number of hydrogen-bond donors (Lipinski definition) is 0. The van der Waals surface area contributed by atoms with Crippen molar-refractivity contribution in [2.75, 3.05) is 4.90 Å². The van der Waals surface area contributed by atoms with Crippen LogP contribution in [0.25, 0.3) is 93.9 Å². The monoisotopic (exact) mass is 804 g/mol. The van der Waals surface area contributed by atoms with E-state index >= 15 is 0 Å². The summed E-state index contributed by atoms with van der Waals surface area (Å²) in [6, 6.07) is 87.1. The third-order valence-corrected chi connectivity index (χ3v) is 12.4. The van der Waals surface area contributed by atoms with Crippen molar-refractivity contribution < 1.29 is 4.42 Å². The molecule has 0 saturated carbocycles. The maximum absolute atomic E-state index is 6.67. The Kier molecular flexibility index (Phi) is 8.83. The summed E-state index contributed by atoms with van der Waals surface area (Å²) < 4.78 is 9.08. The van der Waals surface area contributed by atoms with Crippen LogP contribution < -0.4 is 4.90 Å². The number of fused-ring (bicyclic) bond motifs is 6. The number of furan rings is 1. The zero-order chi connectivity index (χ0) is 41.7. The van der Waals surface area contributed by atoms with Crippen molar-refractivity contribution in [1.82, 2.24) is 4.57 Å². The summed E-state index contributed by atoms with van der Waals surface area (Å²) in [4.78, 5) is 2.42. The summed E-state index contributed by atoms with van der Waals surface area (Å²) in [6.45, 7) is 0. The van der Waals surface area contributed by atoms with E-state index in [0.717, 1.165) is 78.1 Å². The molecule has 0 atom stereocenters. The topological polar surface area (TPSA) is 21.3 Å². The van der Waals surface area contributed by atoms with Crippen molar-refractivity contribution in [1.29, 1.82) is 0 Å². The number of para-hydroxylation sites is 7. The lowest BCUT2D eigenvalue weighted by Gasteiger charge is -2.30. The lowest BCUT2D eigenvalue weighted by atomic mass is 9.95. The molecule has 2 heterocycles. The molecule has 2 aromatic heterocycles. The number of rotatable bonds is 8. The quantitative estimate of drug-likeness (QED) is 0.153. The molecular formula is C60H40N2O. The maximum Gasteiger partial charge on any atom is 0.143 e. The molecule has 0 aliphatic rings. The lowest BCUT2D eigenvalue weighted by molar-refractivity contribution is 0.670. The first-order valence-electron chi connectivity index (χ1n) is 21.5. The lowest BCUT2D eigenvalue weighted by Crippen LogP contribution is -2.12. The first-order valence-corrected chi connectivity index (χ1v) is 21.5. The SMILES string of the molecule is c1ccc(-c2cccc(-c3ccccc3N(c3ccc(-c4ccccc4-n4c5ccccc5c5ccccc54)cc3)c3ccccc3-c3cccc4c3oc3ccccc34)c2)cc1. The predicted molar refractivity (Wildman–Crippen MR) is 264 cm³/mol. The third kappa shape index (κ3) is 6.21. The van der Waals surface area contributed by atoms with Crippen LogP contribution in [0.15, 0.2) is 247 Å². The van der Waals surface area contributed by atoms with E-state index in [9.17, 15) is 0 Å². The number of anilines is 3. The Labute approximate surface area is 366 Å². The van der Waals surface area contributed by atoms with Crippen LogP contribution in [0.3, 0.4) is 0 Å². The van der Waals surface area contributed by atoms with Crippen molar-refractivity contribution in [3.05, 3.63) is 243 Å². The van der Waals surface area contributed by atoms with Crippen LogP contribution in [-0.4, -0.2) is 4.57 Å². The van der Waals surface area contributed by atoms with Crippen LogP contribution in [0.4, 0.5) is 17.1 Å². The molecule has 0 amide bonds. The van der Waals surface area contributed by atoms with Crippen LogP contribution in [0.2, 0.25) is 0 Å². The van der Waals surface area contributed by atoms with Gasteiger partial charge in [0.05, 0.1) is 28.1 Å². The summed E-state index contributed by atoms with van der Waals surface area (Å²) in [6.07, 6.45) is 0. The van der Waals surface area contributed by atoms with Crippen LogP contribution in [-0.2, 0) is 0 Å². The summed E-state index contributed by atoms with van der Waals surface area (Å²) in [5.41, 5.74) is 17.5. The number of nitrogens with zero attached hydrogens (tertiary/aromatic N) is 2. The third-order valence-electron chi connectivity index (χ3n) is 12.4. The minimum absolute atomic E-state index is 0.881. The Morgan fingerprint density at radius 2 is 0.841 bits per heavy atom. The molecule has 0 saturated heterocycles. The van der Waals surface area contributed by atoms with E-state index in [0.29, 0.717) is 0 Å². The van der Waals surface area contributed by atoms with Crippen molar-refractivity contribution in [2.24, 2.45) is 0 Å². The number of aromatic nitrogens is 1. The molecule has 10 aromatic carbocycles. The van der Waals surface area contributed by atoms with Crippen molar-refractivity contribution in [3.63, 3.8) is 0 Å². The van der Waals surface area contributed by atoms with Gasteiger partial charge in [0.1, 0.15) is 11.2 Å². The van der Waals surface area contributed by atoms with Crippen LogP contribution in [0, 0.1) is 0 Å².